The number of halogens is 1. The Morgan fingerprint density at radius 3 is 1.33 bits per heavy atom. The maximum Gasteiger partial charge on any atom is 0.0541 e. The molecule has 0 amide bonds. The van der Waals surface area contributed by atoms with Crippen LogP contribution in [0.3, 0.4) is 0 Å². The van der Waals surface area contributed by atoms with Crippen molar-refractivity contribution in [2.45, 2.75) is 0 Å². The average Bonchev–Trinajstić information content (AvgIpc) is 3.70. The van der Waals surface area contributed by atoms with Gasteiger partial charge in [0.25, 0.3) is 0 Å². The number of rotatable bonds is 5. The molecule has 0 radical (unpaired) electrons. The number of hydrogen-bond acceptors (Lipinski definition) is 0. The second-order valence-corrected chi connectivity index (χ2v) is 14.1. The maximum absolute atomic E-state index is 3.87. The Bertz CT molecular complexity index is 2920. The predicted molar refractivity (Wildman–Crippen MR) is 219 cm³/mol. The Morgan fingerprint density at radius 1 is 0.275 bits per heavy atom. The van der Waals surface area contributed by atoms with Crippen molar-refractivity contribution in [2.75, 3.05) is 0 Å². The van der Waals surface area contributed by atoms with Crippen LogP contribution >= 0.6 is 15.9 Å². The standard InChI is InChI=1S/C48H31BrN2/c49-38-27-36(34-22-24-47-43(30-34)41-18-7-9-20-45(41)50(47)39-15-5-2-6-16-39)26-37(28-38)35-23-25-48-44(31-35)42-19-8-10-21-46(42)51(48)40-17-11-14-33(29-40)32-12-3-1-4-13-32/h1-31H. The summed E-state index contributed by atoms with van der Waals surface area (Å²) >= 11 is 3.87. The number of nitrogens with zero attached hydrogens (tertiary/aromatic N) is 2. The van der Waals surface area contributed by atoms with E-state index in [0.29, 0.717) is 0 Å². The van der Waals surface area contributed by atoms with Gasteiger partial charge in [0.2, 0.25) is 0 Å². The molecule has 2 heterocycles. The Labute approximate surface area is 304 Å². The first kappa shape index (κ1) is 29.7. The molecule has 3 heteroatoms. The van der Waals surface area contributed by atoms with E-state index in [1.807, 2.05) is 0 Å². The fraction of sp³-hybridized carbons (Fsp3) is 0. The number of aromatic nitrogens is 2. The Kier molecular flexibility index (Phi) is 7.00. The predicted octanol–water partition coefficient (Wildman–Crippen LogP) is 13.6. The molecule has 2 aromatic heterocycles. The molecule has 0 spiro atoms. The van der Waals surface area contributed by atoms with Crippen LogP contribution in [0.4, 0.5) is 0 Å². The summed E-state index contributed by atoms with van der Waals surface area (Å²) in [4.78, 5) is 0. The highest BCUT2D eigenvalue weighted by Gasteiger charge is 2.16. The van der Waals surface area contributed by atoms with E-state index >= 15 is 0 Å². The highest BCUT2D eigenvalue weighted by molar-refractivity contribution is 9.10. The van der Waals surface area contributed by atoms with Crippen LogP contribution in [0.5, 0.6) is 0 Å². The summed E-state index contributed by atoms with van der Waals surface area (Å²) in [5.74, 6) is 0. The van der Waals surface area contributed by atoms with Gasteiger partial charge >= 0.3 is 0 Å². The summed E-state index contributed by atoms with van der Waals surface area (Å²) in [7, 11) is 0. The molecule has 240 valence electrons. The fourth-order valence-electron chi connectivity index (χ4n) is 7.82. The van der Waals surface area contributed by atoms with Gasteiger partial charge in [0, 0.05) is 37.4 Å². The van der Waals surface area contributed by atoms with Crippen LogP contribution < -0.4 is 0 Å². The van der Waals surface area contributed by atoms with Gasteiger partial charge in [0.05, 0.1) is 22.1 Å². The lowest BCUT2D eigenvalue weighted by Gasteiger charge is -2.11. The smallest absolute Gasteiger partial charge is 0.0541 e. The van der Waals surface area contributed by atoms with Gasteiger partial charge in [-0.25, -0.2) is 0 Å². The van der Waals surface area contributed by atoms with Crippen LogP contribution in [0.1, 0.15) is 0 Å². The molecule has 51 heavy (non-hydrogen) atoms. The van der Waals surface area contributed by atoms with E-state index in [9.17, 15) is 0 Å². The first-order valence-electron chi connectivity index (χ1n) is 17.3. The van der Waals surface area contributed by atoms with E-state index in [0.717, 1.165) is 10.2 Å². The van der Waals surface area contributed by atoms with E-state index in [-0.39, 0.29) is 0 Å². The molecule has 0 fully saturated rings. The SMILES string of the molecule is Brc1cc(-c2ccc3c(c2)c2ccccc2n3-c2ccccc2)cc(-c2ccc3c(c2)c2ccccc2n3-c2cccc(-c3ccccc3)c2)c1. The van der Waals surface area contributed by atoms with Crippen molar-refractivity contribution in [3.05, 3.63) is 193 Å². The minimum Gasteiger partial charge on any atom is -0.309 e. The van der Waals surface area contributed by atoms with Gasteiger partial charge in [-0.1, -0.05) is 125 Å². The summed E-state index contributed by atoms with van der Waals surface area (Å²) < 4.78 is 5.82. The zero-order chi connectivity index (χ0) is 33.9. The molecule has 0 atom stereocenters. The number of benzene rings is 8. The van der Waals surface area contributed by atoms with E-state index in [1.165, 1.54) is 82.7 Å². The Hall–Kier alpha value is -6.16. The van der Waals surface area contributed by atoms with Gasteiger partial charge in [-0.3, -0.25) is 0 Å². The van der Waals surface area contributed by atoms with Crippen molar-refractivity contribution in [1.82, 2.24) is 9.13 Å². The lowest BCUT2D eigenvalue weighted by atomic mass is 9.97. The summed E-state index contributed by atoms with van der Waals surface area (Å²) in [6, 6.07) is 68.1. The molecule has 0 saturated heterocycles. The largest absolute Gasteiger partial charge is 0.309 e. The monoisotopic (exact) mass is 714 g/mol. The summed E-state index contributed by atoms with van der Waals surface area (Å²) in [5, 5.41) is 4.99. The summed E-state index contributed by atoms with van der Waals surface area (Å²) in [6.45, 7) is 0. The zero-order valence-corrected chi connectivity index (χ0v) is 29.3. The summed E-state index contributed by atoms with van der Waals surface area (Å²) in [6.07, 6.45) is 0. The van der Waals surface area contributed by atoms with Crippen LogP contribution in [0.2, 0.25) is 0 Å². The molecular weight excluding hydrogens is 684 g/mol. The van der Waals surface area contributed by atoms with Crippen LogP contribution in [-0.4, -0.2) is 9.13 Å². The van der Waals surface area contributed by atoms with Gasteiger partial charge in [0.1, 0.15) is 0 Å². The maximum atomic E-state index is 3.87. The lowest BCUT2D eigenvalue weighted by molar-refractivity contribution is 1.18. The fourth-order valence-corrected chi connectivity index (χ4v) is 8.31. The van der Waals surface area contributed by atoms with Gasteiger partial charge in [-0.2, -0.15) is 0 Å². The molecule has 0 aliphatic heterocycles. The van der Waals surface area contributed by atoms with Crippen LogP contribution in [0.25, 0.3) is 88.4 Å². The normalized spacial score (nSPS) is 11.6. The average molecular weight is 716 g/mol. The Balaban J connectivity index is 1.10. The van der Waals surface area contributed by atoms with Crippen molar-refractivity contribution in [1.29, 1.82) is 0 Å². The quantitative estimate of drug-likeness (QED) is 0.168. The molecule has 0 saturated carbocycles. The second-order valence-electron chi connectivity index (χ2n) is 13.1. The first-order chi connectivity index (χ1) is 25.2. The minimum absolute atomic E-state index is 1.06. The molecule has 0 N–H and O–H groups in total. The molecule has 0 unspecified atom stereocenters. The molecule has 10 rings (SSSR count). The van der Waals surface area contributed by atoms with Crippen molar-refractivity contribution in [3.63, 3.8) is 0 Å². The highest BCUT2D eigenvalue weighted by Crippen LogP contribution is 2.39. The van der Waals surface area contributed by atoms with Crippen molar-refractivity contribution < 1.29 is 0 Å². The van der Waals surface area contributed by atoms with Gasteiger partial charge in [-0.05, 0) is 112 Å². The summed E-state index contributed by atoms with van der Waals surface area (Å²) in [5.41, 5.74) is 14.3. The number of para-hydroxylation sites is 3. The topological polar surface area (TPSA) is 9.86 Å². The third-order valence-corrected chi connectivity index (χ3v) is 10.6. The van der Waals surface area contributed by atoms with Gasteiger partial charge < -0.3 is 9.13 Å². The zero-order valence-electron chi connectivity index (χ0n) is 27.7. The highest BCUT2D eigenvalue weighted by atomic mass is 79.9. The van der Waals surface area contributed by atoms with Crippen molar-refractivity contribution >= 4 is 59.5 Å². The van der Waals surface area contributed by atoms with Crippen LogP contribution in [0.15, 0.2) is 193 Å². The van der Waals surface area contributed by atoms with Crippen LogP contribution in [0, 0.1) is 0 Å². The molecule has 10 aromatic rings. The molecule has 0 aliphatic carbocycles. The van der Waals surface area contributed by atoms with Crippen LogP contribution in [-0.2, 0) is 0 Å². The first-order valence-corrected chi connectivity index (χ1v) is 18.1. The lowest BCUT2D eigenvalue weighted by Crippen LogP contribution is -1.94. The van der Waals surface area contributed by atoms with Gasteiger partial charge in [0.15, 0.2) is 0 Å². The third-order valence-electron chi connectivity index (χ3n) is 10.1. The third kappa shape index (κ3) is 5.00. The van der Waals surface area contributed by atoms with E-state index in [1.54, 1.807) is 0 Å². The van der Waals surface area contributed by atoms with Crippen molar-refractivity contribution in [3.8, 4) is 44.8 Å². The number of hydrogen-bond donors (Lipinski definition) is 0. The molecule has 2 nitrogen and oxygen atoms in total. The minimum atomic E-state index is 1.06. The van der Waals surface area contributed by atoms with E-state index in [4.69, 9.17) is 0 Å². The Morgan fingerprint density at radius 2 is 0.725 bits per heavy atom. The molecular formula is C48H31BrN2. The second kappa shape index (κ2) is 12.0. The molecule has 0 aliphatic rings. The van der Waals surface area contributed by atoms with Crippen molar-refractivity contribution in [2.24, 2.45) is 0 Å². The van der Waals surface area contributed by atoms with E-state index < -0.39 is 0 Å². The number of fused-ring (bicyclic) bond motifs is 6. The van der Waals surface area contributed by atoms with Gasteiger partial charge in [-0.15, -0.1) is 0 Å². The molecule has 0 bridgehead atoms. The molecule has 8 aromatic carbocycles. The van der Waals surface area contributed by atoms with E-state index in [2.05, 4.69) is 213 Å².